The van der Waals surface area contributed by atoms with E-state index >= 15 is 0 Å². The van der Waals surface area contributed by atoms with Crippen molar-refractivity contribution in [1.29, 1.82) is 0 Å². The van der Waals surface area contributed by atoms with Crippen LogP contribution in [0.15, 0.2) is 0 Å². The van der Waals surface area contributed by atoms with Gasteiger partial charge >= 0.3 is 5.97 Å². The SMILES string of the molecule is CCOCCOC(=O)CNCC(C)C. The first-order valence-electron chi connectivity index (χ1n) is 5.10. The highest BCUT2D eigenvalue weighted by Gasteiger charge is 2.01. The van der Waals surface area contributed by atoms with Crippen LogP contribution < -0.4 is 5.32 Å². The normalized spacial score (nSPS) is 10.6. The van der Waals surface area contributed by atoms with Crippen LogP contribution in [0.2, 0.25) is 0 Å². The van der Waals surface area contributed by atoms with E-state index < -0.39 is 0 Å². The summed E-state index contributed by atoms with van der Waals surface area (Å²) in [6.45, 7) is 8.68. The first kappa shape index (κ1) is 13.4. The molecule has 0 unspecified atom stereocenters. The van der Waals surface area contributed by atoms with Crippen LogP contribution in [-0.2, 0) is 14.3 Å². The van der Waals surface area contributed by atoms with Gasteiger partial charge in [0.1, 0.15) is 6.61 Å². The van der Waals surface area contributed by atoms with Crippen molar-refractivity contribution in [2.75, 3.05) is 32.9 Å². The number of ether oxygens (including phenoxy) is 2. The molecule has 0 fully saturated rings. The van der Waals surface area contributed by atoms with Crippen LogP contribution in [0.5, 0.6) is 0 Å². The van der Waals surface area contributed by atoms with E-state index in [4.69, 9.17) is 9.47 Å². The Kier molecular flexibility index (Phi) is 8.57. The zero-order chi connectivity index (χ0) is 10.8. The third-order valence-electron chi connectivity index (χ3n) is 1.52. The highest BCUT2D eigenvalue weighted by atomic mass is 16.6. The van der Waals surface area contributed by atoms with Crippen molar-refractivity contribution in [3.8, 4) is 0 Å². The Morgan fingerprint density at radius 3 is 2.64 bits per heavy atom. The van der Waals surface area contributed by atoms with E-state index in [1.165, 1.54) is 0 Å². The Morgan fingerprint density at radius 2 is 2.07 bits per heavy atom. The van der Waals surface area contributed by atoms with Crippen molar-refractivity contribution in [1.82, 2.24) is 5.32 Å². The summed E-state index contributed by atoms with van der Waals surface area (Å²) < 4.78 is 9.93. The summed E-state index contributed by atoms with van der Waals surface area (Å²) in [7, 11) is 0. The second kappa shape index (κ2) is 8.97. The third kappa shape index (κ3) is 9.48. The van der Waals surface area contributed by atoms with Gasteiger partial charge in [-0.1, -0.05) is 13.8 Å². The Hall–Kier alpha value is -0.610. The Bertz CT molecular complexity index is 148. The minimum Gasteiger partial charge on any atom is -0.462 e. The number of carbonyl (C=O) groups is 1. The van der Waals surface area contributed by atoms with Gasteiger partial charge in [0, 0.05) is 6.61 Å². The van der Waals surface area contributed by atoms with E-state index in [-0.39, 0.29) is 12.5 Å². The molecule has 0 bridgehead atoms. The van der Waals surface area contributed by atoms with Gasteiger partial charge < -0.3 is 14.8 Å². The fourth-order valence-electron chi connectivity index (χ4n) is 0.873. The van der Waals surface area contributed by atoms with Crippen LogP contribution >= 0.6 is 0 Å². The number of hydrogen-bond acceptors (Lipinski definition) is 4. The molecule has 0 heterocycles. The second-order valence-corrected chi connectivity index (χ2v) is 3.44. The molecular formula is C10H21NO3. The average Bonchev–Trinajstić information content (AvgIpc) is 2.12. The molecule has 0 aliphatic heterocycles. The number of hydrogen-bond donors (Lipinski definition) is 1. The lowest BCUT2D eigenvalue weighted by Crippen LogP contribution is -2.28. The molecular weight excluding hydrogens is 182 g/mol. The Balaban J connectivity index is 3.20. The van der Waals surface area contributed by atoms with Crippen molar-refractivity contribution in [2.45, 2.75) is 20.8 Å². The lowest BCUT2D eigenvalue weighted by molar-refractivity contribution is -0.144. The van der Waals surface area contributed by atoms with Crippen LogP contribution in [0.25, 0.3) is 0 Å². The molecule has 0 aromatic rings. The minimum atomic E-state index is -0.217. The van der Waals surface area contributed by atoms with E-state index in [1.807, 2.05) is 6.92 Å². The highest BCUT2D eigenvalue weighted by molar-refractivity contribution is 5.71. The largest absolute Gasteiger partial charge is 0.462 e. The molecule has 0 spiro atoms. The van der Waals surface area contributed by atoms with E-state index in [1.54, 1.807) is 0 Å². The summed E-state index contributed by atoms with van der Waals surface area (Å²) in [5.74, 6) is 0.330. The van der Waals surface area contributed by atoms with Gasteiger partial charge in [0.15, 0.2) is 0 Å². The van der Waals surface area contributed by atoms with Gasteiger partial charge in [-0.3, -0.25) is 4.79 Å². The molecule has 0 aliphatic carbocycles. The van der Waals surface area contributed by atoms with Crippen molar-refractivity contribution in [2.24, 2.45) is 5.92 Å². The first-order chi connectivity index (χ1) is 6.66. The molecule has 0 saturated carbocycles. The number of rotatable bonds is 8. The van der Waals surface area contributed by atoms with Crippen molar-refractivity contribution in [3.05, 3.63) is 0 Å². The van der Waals surface area contributed by atoms with Crippen LogP contribution in [0, 0.1) is 5.92 Å². The third-order valence-corrected chi connectivity index (χ3v) is 1.52. The van der Waals surface area contributed by atoms with Gasteiger partial charge in [-0.2, -0.15) is 0 Å². The lowest BCUT2D eigenvalue weighted by atomic mass is 10.2. The van der Waals surface area contributed by atoms with Crippen molar-refractivity contribution >= 4 is 5.97 Å². The quantitative estimate of drug-likeness (QED) is 0.468. The van der Waals surface area contributed by atoms with Crippen LogP contribution in [0.1, 0.15) is 20.8 Å². The molecule has 1 N–H and O–H groups in total. The predicted octanol–water partition coefficient (Wildman–Crippen LogP) is 0.812. The van der Waals surface area contributed by atoms with E-state index in [0.717, 1.165) is 6.54 Å². The summed E-state index contributed by atoms with van der Waals surface area (Å²) in [6.07, 6.45) is 0. The topological polar surface area (TPSA) is 47.6 Å². The van der Waals surface area contributed by atoms with Gasteiger partial charge in [0.05, 0.1) is 13.2 Å². The van der Waals surface area contributed by atoms with E-state index in [9.17, 15) is 4.79 Å². The highest BCUT2D eigenvalue weighted by Crippen LogP contribution is 1.86. The zero-order valence-electron chi connectivity index (χ0n) is 9.34. The molecule has 0 radical (unpaired) electrons. The molecule has 0 atom stereocenters. The smallest absolute Gasteiger partial charge is 0.320 e. The van der Waals surface area contributed by atoms with Gasteiger partial charge in [0.25, 0.3) is 0 Å². The first-order valence-corrected chi connectivity index (χ1v) is 5.10. The van der Waals surface area contributed by atoms with Gasteiger partial charge in [-0.05, 0) is 19.4 Å². The number of carbonyl (C=O) groups excluding carboxylic acids is 1. The molecule has 0 aromatic heterocycles. The average molecular weight is 203 g/mol. The molecule has 0 aliphatic rings. The van der Waals surface area contributed by atoms with Gasteiger partial charge in [0.2, 0.25) is 0 Å². The fourth-order valence-corrected chi connectivity index (χ4v) is 0.873. The maximum atomic E-state index is 11.0. The van der Waals surface area contributed by atoms with Crippen LogP contribution in [0.4, 0.5) is 0 Å². The second-order valence-electron chi connectivity index (χ2n) is 3.44. The summed E-state index contributed by atoms with van der Waals surface area (Å²) in [5, 5.41) is 3.01. The minimum absolute atomic E-state index is 0.217. The van der Waals surface area contributed by atoms with E-state index in [2.05, 4.69) is 19.2 Å². The number of esters is 1. The Labute approximate surface area is 86.0 Å². The van der Waals surface area contributed by atoms with E-state index in [0.29, 0.717) is 25.7 Å². The molecule has 0 saturated heterocycles. The summed E-state index contributed by atoms with van der Waals surface area (Å²) in [4.78, 5) is 11.0. The monoisotopic (exact) mass is 203 g/mol. The van der Waals surface area contributed by atoms with Gasteiger partial charge in [-0.25, -0.2) is 0 Å². The maximum absolute atomic E-state index is 11.0. The number of nitrogens with one attached hydrogen (secondary N) is 1. The molecule has 4 nitrogen and oxygen atoms in total. The van der Waals surface area contributed by atoms with Gasteiger partial charge in [-0.15, -0.1) is 0 Å². The van der Waals surface area contributed by atoms with Crippen molar-refractivity contribution in [3.63, 3.8) is 0 Å². The molecule has 0 aromatic carbocycles. The Morgan fingerprint density at radius 1 is 1.36 bits per heavy atom. The van der Waals surface area contributed by atoms with Crippen LogP contribution in [-0.4, -0.2) is 38.9 Å². The standard InChI is InChI=1S/C10H21NO3/c1-4-13-5-6-14-10(12)8-11-7-9(2)3/h9,11H,4-8H2,1-3H3. The molecule has 0 amide bonds. The summed E-state index contributed by atoms with van der Waals surface area (Å²) >= 11 is 0. The molecule has 4 heteroatoms. The maximum Gasteiger partial charge on any atom is 0.320 e. The lowest BCUT2D eigenvalue weighted by Gasteiger charge is -2.07. The molecule has 0 rings (SSSR count). The van der Waals surface area contributed by atoms with Crippen LogP contribution in [0.3, 0.4) is 0 Å². The summed E-state index contributed by atoms with van der Waals surface area (Å²) in [5.41, 5.74) is 0. The van der Waals surface area contributed by atoms with Crippen molar-refractivity contribution < 1.29 is 14.3 Å². The molecule has 14 heavy (non-hydrogen) atoms. The molecule has 84 valence electrons. The fraction of sp³-hybridized carbons (Fsp3) is 0.900. The predicted molar refractivity (Wildman–Crippen MR) is 55.2 cm³/mol. The zero-order valence-corrected chi connectivity index (χ0v) is 9.34. The summed E-state index contributed by atoms with van der Waals surface area (Å²) in [6, 6.07) is 0.